The van der Waals surface area contributed by atoms with Crippen molar-refractivity contribution in [3.8, 4) is 0 Å². The fraction of sp³-hybridized carbons (Fsp3) is 0.875. The van der Waals surface area contributed by atoms with Gasteiger partial charge in [0.1, 0.15) is 0 Å². The molecule has 11 heavy (non-hydrogen) atoms. The molecule has 0 bridgehead atoms. The maximum absolute atomic E-state index is 9.98. The van der Waals surface area contributed by atoms with E-state index >= 15 is 0 Å². The summed E-state index contributed by atoms with van der Waals surface area (Å²) in [5.41, 5.74) is 4.86. The standard InChI is InChI=1S/C4H7NO.C4H8O/c5-4(6)3-1-2-3;1-2-4-5-3-1/h3H,1-2H2,(H2,5,6);1-4H2. The number of nitrogens with two attached hydrogens (primary N) is 1. The van der Waals surface area contributed by atoms with E-state index in [1.54, 1.807) is 0 Å². The number of hydrogen-bond acceptors (Lipinski definition) is 2. The van der Waals surface area contributed by atoms with E-state index in [2.05, 4.69) is 0 Å². The van der Waals surface area contributed by atoms with Crippen LogP contribution in [0.2, 0.25) is 0 Å². The Kier molecular flexibility index (Phi) is 3.36. The molecule has 0 radical (unpaired) electrons. The normalized spacial score (nSPS) is 22.2. The highest BCUT2D eigenvalue weighted by atomic mass is 16.5. The Hall–Kier alpha value is -0.570. The lowest BCUT2D eigenvalue weighted by molar-refractivity contribution is -0.119. The molecule has 0 aromatic rings. The van der Waals surface area contributed by atoms with E-state index in [0.29, 0.717) is 0 Å². The van der Waals surface area contributed by atoms with E-state index in [4.69, 9.17) is 10.5 Å². The summed E-state index contributed by atoms with van der Waals surface area (Å²) in [5, 5.41) is 0. The van der Waals surface area contributed by atoms with Crippen molar-refractivity contribution in [3.05, 3.63) is 0 Å². The van der Waals surface area contributed by atoms with Crippen LogP contribution in [0, 0.1) is 5.92 Å². The van der Waals surface area contributed by atoms with Gasteiger partial charge in [0.05, 0.1) is 0 Å². The molecule has 0 aromatic carbocycles. The summed E-state index contributed by atoms with van der Waals surface area (Å²) in [6.45, 7) is 2.00. The van der Waals surface area contributed by atoms with Crippen molar-refractivity contribution in [1.29, 1.82) is 0 Å². The average molecular weight is 157 g/mol. The van der Waals surface area contributed by atoms with Crippen LogP contribution in [0.5, 0.6) is 0 Å². The zero-order valence-corrected chi connectivity index (χ0v) is 6.71. The zero-order chi connectivity index (χ0) is 8.10. The van der Waals surface area contributed by atoms with Crippen LogP contribution in [0.3, 0.4) is 0 Å². The van der Waals surface area contributed by atoms with Crippen LogP contribution in [0.1, 0.15) is 25.7 Å². The van der Waals surface area contributed by atoms with Gasteiger partial charge in [-0.25, -0.2) is 0 Å². The zero-order valence-electron chi connectivity index (χ0n) is 6.71. The molecule has 2 N–H and O–H groups in total. The highest BCUT2D eigenvalue weighted by Crippen LogP contribution is 2.27. The van der Waals surface area contributed by atoms with E-state index < -0.39 is 0 Å². The fourth-order valence-electron chi connectivity index (χ4n) is 0.878. The summed E-state index contributed by atoms with van der Waals surface area (Å²) in [4.78, 5) is 9.98. The average Bonchev–Trinajstić information content (AvgIpc) is 2.66. The second-order valence-electron chi connectivity index (χ2n) is 3.00. The van der Waals surface area contributed by atoms with Crippen molar-refractivity contribution < 1.29 is 9.53 Å². The van der Waals surface area contributed by atoms with E-state index in [0.717, 1.165) is 26.1 Å². The number of carbonyl (C=O) groups is 1. The van der Waals surface area contributed by atoms with Crippen molar-refractivity contribution in [2.45, 2.75) is 25.7 Å². The van der Waals surface area contributed by atoms with Gasteiger partial charge in [0.25, 0.3) is 0 Å². The van der Waals surface area contributed by atoms with E-state index in [1.165, 1.54) is 12.8 Å². The lowest BCUT2D eigenvalue weighted by atomic mass is 10.4. The Morgan fingerprint density at radius 1 is 1.27 bits per heavy atom. The smallest absolute Gasteiger partial charge is 0.220 e. The van der Waals surface area contributed by atoms with Gasteiger partial charge in [0.15, 0.2) is 0 Å². The Balaban J connectivity index is 0.000000112. The van der Waals surface area contributed by atoms with Crippen LogP contribution in [-0.2, 0) is 9.53 Å². The number of rotatable bonds is 1. The highest BCUT2D eigenvalue weighted by Gasteiger charge is 2.26. The molecule has 2 aliphatic rings. The van der Waals surface area contributed by atoms with Gasteiger partial charge in [0, 0.05) is 19.1 Å². The minimum Gasteiger partial charge on any atom is -0.381 e. The Morgan fingerprint density at radius 3 is 1.91 bits per heavy atom. The largest absolute Gasteiger partial charge is 0.381 e. The monoisotopic (exact) mass is 157 g/mol. The Morgan fingerprint density at radius 2 is 1.82 bits per heavy atom. The lowest BCUT2D eigenvalue weighted by Gasteiger charge is -1.77. The predicted molar refractivity (Wildman–Crippen MR) is 42.0 cm³/mol. The third-order valence-corrected chi connectivity index (χ3v) is 1.81. The van der Waals surface area contributed by atoms with Gasteiger partial charge in [-0.3, -0.25) is 4.79 Å². The molecule has 1 aliphatic heterocycles. The second kappa shape index (κ2) is 4.34. The number of hydrogen-bond donors (Lipinski definition) is 1. The highest BCUT2D eigenvalue weighted by molar-refractivity contribution is 5.78. The van der Waals surface area contributed by atoms with Crippen LogP contribution in [0.15, 0.2) is 0 Å². The molecule has 1 saturated heterocycles. The number of ether oxygens (including phenoxy) is 1. The number of primary amides is 1. The molecule has 0 aromatic heterocycles. The minimum atomic E-state index is -0.130. The molecule has 2 rings (SSSR count). The maximum atomic E-state index is 9.98. The van der Waals surface area contributed by atoms with Gasteiger partial charge in [-0.05, 0) is 25.7 Å². The van der Waals surface area contributed by atoms with Gasteiger partial charge in [-0.1, -0.05) is 0 Å². The third kappa shape index (κ3) is 3.98. The molecule has 1 aliphatic carbocycles. The van der Waals surface area contributed by atoms with Gasteiger partial charge in [0.2, 0.25) is 5.91 Å². The molecule has 0 unspecified atom stereocenters. The molecule has 2 fully saturated rings. The topological polar surface area (TPSA) is 52.3 Å². The number of amides is 1. The Bertz CT molecular complexity index is 120. The number of carbonyl (C=O) groups excluding carboxylic acids is 1. The van der Waals surface area contributed by atoms with Crippen LogP contribution < -0.4 is 5.73 Å². The van der Waals surface area contributed by atoms with Gasteiger partial charge < -0.3 is 10.5 Å². The van der Waals surface area contributed by atoms with Crippen LogP contribution in [0.4, 0.5) is 0 Å². The van der Waals surface area contributed by atoms with Crippen molar-refractivity contribution in [1.82, 2.24) is 0 Å². The molecule has 0 spiro atoms. The van der Waals surface area contributed by atoms with Gasteiger partial charge in [-0.2, -0.15) is 0 Å². The van der Waals surface area contributed by atoms with Crippen LogP contribution >= 0.6 is 0 Å². The molecule has 1 heterocycles. The molecule has 3 heteroatoms. The second-order valence-corrected chi connectivity index (χ2v) is 3.00. The third-order valence-electron chi connectivity index (χ3n) is 1.81. The fourth-order valence-corrected chi connectivity index (χ4v) is 0.878. The maximum Gasteiger partial charge on any atom is 0.220 e. The van der Waals surface area contributed by atoms with E-state index in [9.17, 15) is 4.79 Å². The first kappa shape index (κ1) is 8.53. The quantitative estimate of drug-likeness (QED) is 0.608. The summed E-state index contributed by atoms with van der Waals surface area (Å²) in [6, 6.07) is 0. The summed E-state index contributed by atoms with van der Waals surface area (Å²) in [6.07, 6.45) is 4.60. The van der Waals surface area contributed by atoms with Gasteiger partial charge in [-0.15, -0.1) is 0 Å². The molecule has 1 saturated carbocycles. The molecule has 64 valence electrons. The van der Waals surface area contributed by atoms with Crippen molar-refractivity contribution in [2.75, 3.05) is 13.2 Å². The first-order valence-corrected chi connectivity index (χ1v) is 4.18. The molecule has 3 nitrogen and oxygen atoms in total. The van der Waals surface area contributed by atoms with Gasteiger partial charge >= 0.3 is 0 Å². The predicted octanol–water partition coefficient (Wildman–Crippen LogP) is 0.678. The summed E-state index contributed by atoms with van der Waals surface area (Å²) in [5.74, 6) is 0.111. The molecule has 1 amide bonds. The first-order valence-electron chi connectivity index (χ1n) is 4.18. The molecular weight excluding hydrogens is 142 g/mol. The summed E-state index contributed by atoms with van der Waals surface area (Å²) < 4.78 is 4.94. The molecule has 0 atom stereocenters. The van der Waals surface area contributed by atoms with Crippen molar-refractivity contribution in [3.63, 3.8) is 0 Å². The SMILES string of the molecule is C1CCOC1.NC(=O)C1CC1. The summed E-state index contributed by atoms with van der Waals surface area (Å²) in [7, 11) is 0. The van der Waals surface area contributed by atoms with Crippen molar-refractivity contribution in [2.24, 2.45) is 11.7 Å². The molecular formula is C8H15NO2. The van der Waals surface area contributed by atoms with Crippen LogP contribution in [-0.4, -0.2) is 19.1 Å². The van der Waals surface area contributed by atoms with Crippen molar-refractivity contribution >= 4 is 5.91 Å². The first-order chi connectivity index (χ1) is 5.30. The minimum absolute atomic E-state index is 0.130. The lowest BCUT2D eigenvalue weighted by Crippen LogP contribution is -2.11. The van der Waals surface area contributed by atoms with E-state index in [1.807, 2.05) is 0 Å². The van der Waals surface area contributed by atoms with E-state index in [-0.39, 0.29) is 11.8 Å². The Labute approximate surface area is 66.9 Å². The summed E-state index contributed by atoms with van der Waals surface area (Å²) >= 11 is 0. The van der Waals surface area contributed by atoms with Crippen LogP contribution in [0.25, 0.3) is 0 Å².